The van der Waals surface area contributed by atoms with E-state index in [2.05, 4.69) is 5.32 Å². The average molecular weight is 355 g/mol. The van der Waals surface area contributed by atoms with Crippen molar-refractivity contribution in [2.24, 2.45) is 0 Å². The van der Waals surface area contributed by atoms with Gasteiger partial charge in [0.25, 0.3) is 5.91 Å². The van der Waals surface area contributed by atoms with Crippen LogP contribution in [0.25, 0.3) is 6.08 Å². The van der Waals surface area contributed by atoms with Gasteiger partial charge in [0.15, 0.2) is 0 Å². The van der Waals surface area contributed by atoms with Gasteiger partial charge in [-0.3, -0.25) is 4.79 Å². The first kappa shape index (κ1) is 18.2. The fourth-order valence-corrected chi connectivity index (χ4v) is 2.10. The molecule has 25 heavy (non-hydrogen) atoms. The standard InChI is InChI=1S/C19H15ClN2O3/c1-2-25-19(24)14-5-9-17(10-6-14)22-18(23)15(12-21)11-13-3-7-16(20)8-4-13/h3-11H,2H2,1H3,(H,22,23)/b15-11+. The van der Waals surface area contributed by atoms with E-state index in [9.17, 15) is 14.9 Å². The predicted octanol–water partition coefficient (Wildman–Crippen LogP) is 4.06. The minimum absolute atomic E-state index is 0.0446. The number of esters is 1. The normalized spacial score (nSPS) is 10.7. The van der Waals surface area contributed by atoms with Gasteiger partial charge in [0, 0.05) is 10.7 Å². The molecule has 2 aromatic carbocycles. The van der Waals surface area contributed by atoms with E-state index in [0.29, 0.717) is 28.4 Å². The maximum Gasteiger partial charge on any atom is 0.338 e. The second-order valence-electron chi connectivity index (χ2n) is 4.97. The van der Waals surface area contributed by atoms with Crippen molar-refractivity contribution < 1.29 is 14.3 Å². The van der Waals surface area contributed by atoms with E-state index in [1.807, 2.05) is 6.07 Å². The largest absolute Gasteiger partial charge is 0.462 e. The molecule has 0 aliphatic rings. The van der Waals surface area contributed by atoms with Crippen molar-refractivity contribution in [2.45, 2.75) is 6.92 Å². The zero-order valence-electron chi connectivity index (χ0n) is 13.5. The summed E-state index contributed by atoms with van der Waals surface area (Å²) in [5, 5.41) is 12.4. The van der Waals surface area contributed by atoms with E-state index in [1.54, 1.807) is 55.5 Å². The van der Waals surface area contributed by atoms with Gasteiger partial charge in [0.05, 0.1) is 12.2 Å². The summed E-state index contributed by atoms with van der Waals surface area (Å²) in [6.07, 6.45) is 1.47. The summed E-state index contributed by atoms with van der Waals surface area (Å²) < 4.78 is 4.89. The van der Waals surface area contributed by atoms with Crippen LogP contribution in [-0.4, -0.2) is 18.5 Å². The quantitative estimate of drug-likeness (QED) is 0.499. The van der Waals surface area contributed by atoms with E-state index in [1.165, 1.54) is 6.08 Å². The minimum atomic E-state index is -0.540. The van der Waals surface area contributed by atoms with Crippen LogP contribution in [0.4, 0.5) is 5.69 Å². The molecule has 0 saturated heterocycles. The Labute approximate surface area is 150 Å². The van der Waals surface area contributed by atoms with Crippen LogP contribution in [0.2, 0.25) is 5.02 Å². The summed E-state index contributed by atoms with van der Waals surface area (Å²) >= 11 is 5.81. The first-order valence-electron chi connectivity index (χ1n) is 7.49. The molecule has 0 atom stereocenters. The average Bonchev–Trinajstić information content (AvgIpc) is 2.62. The van der Waals surface area contributed by atoms with Crippen molar-refractivity contribution in [1.29, 1.82) is 5.26 Å². The fourth-order valence-electron chi connectivity index (χ4n) is 1.98. The molecule has 1 amide bonds. The molecule has 0 aliphatic heterocycles. The summed E-state index contributed by atoms with van der Waals surface area (Å²) in [7, 11) is 0. The van der Waals surface area contributed by atoms with Crippen molar-refractivity contribution in [3.63, 3.8) is 0 Å². The molecule has 0 spiro atoms. The minimum Gasteiger partial charge on any atom is -0.462 e. The van der Waals surface area contributed by atoms with E-state index in [4.69, 9.17) is 16.3 Å². The van der Waals surface area contributed by atoms with Gasteiger partial charge in [-0.05, 0) is 55.0 Å². The predicted molar refractivity (Wildman–Crippen MR) is 96.1 cm³/mol. The molecule has 0 radical (unpaired) electrons. The number of benzene rings is 2. The van der Waals surface area contributed by atoms with Gasteiger partial charge >= 0.3 is 5.97 Å². The zero-order chi connectivity index (χ0) is 18.2. The van der Waals surface area contributed by atoms with E-state index >= 15 is 0 Å². The topological polar surface area (TPSA) is 79.2 Å². The molecule has 6 heteroatoms. The lowest BCUT2D eigenvalue weighted by Gasteiger charge is -2.06. The second kappa shape index (κ2) is 8.67. The van der Waals surface area contributed by atoms with Crippen LogP contribution in [-0.2, 0) is 9.53 Å². The lowest BCUT2D eigenvalue weighted by Crippen LogP contribution is -2.13. The number of carbonyl (C=O) groups excluding carboxylic acids is 2. The first-order chi connectivity index (χ1) is 12.0. The molecule has 5 nitrogen and oxygen atoms in total. The van der Waals surface area contributed by atoms with Gasteiger partial charge in [0.1, 0.15) is 11.6 Å². The Kier molecular flexibility index (Phi) is 6.33. The summed E-state index contributed by atoms with van der Waals surface area (Å²) in [5.74, 6) is -0.970. The van der Waals surface area contributed by atoms with E-state index < -0.39 is 11.9 Å². The lowest BCUT2D eigenvalue weighted by molar-refractivity contribution is -0.112. The van der Waals surface area contributed by atoms with Crippen molar-refractivity contribution in [1.82, 2.24) is 0 Å². The number of hydrogen-bond donors (Lipinski definition) is 1. The van der Waals surface area contributed by atoms with Crippen molar-refractivity contribution in [2.75, 3.05) is 11.9 Å². The molecular formula is C19H15ClN2O3. The Bertz CT molecular complexity index is 834. The number of halogens is 1. The highest BCUT2D eigenvalue weighted by molar-refractivity contribution is 6.30. The third-order valence-electron chi connectivity index (χ3n) is 3.20. The molecular weight excluding hydrogens is 340 g/mol. The Balaban J connectivity index is 2.10. The molecule has 0 fully saturated rings. The molecule has 0 saturated carbocycles. The maximum absolute atomic E-state index is 12.2. The number of amides is 1. The molecule has 1 N–H and O–H groups in total. The number of nitrogens with zero attached hydrogens (tertiary/aromatic N) is 1. The van der Waals surface area contributed by atoms with Crippen LogP contribution >= 0.6 is 11.6 Å². The van der Waals surface area contributed by atoms with Crippen LogP contribution in [0, 0.1) is 11.3 Å². The van der Waals surface area contributed by atoms with Crippen molar-refractivity contribution in [3.05, 3.63) is 70.3 Å². The number of anilines is 1. The number of nitriles is 1. The fraction of sp³-hybridized carbons (Fsp3) is 0.105. The molecule has 0 aliphatic carbocycles. The highest BCUT2D eigenvalue weighted by atomic mass is 35.5. The molecule has 2 rings (SSSR count). The highest BCUT2D eigenvalue weighted by Crippen LogP contribution is 2.15. The lowest BCUT2D eigenvalue weighted by atomic mass is 10.1. The summed E-state index contributed by atoms with van der Waals surface area (Å²) in [4.78, 5) is 23.8. The number of rotatable bonds is 5. The third-order valence-corrected chi connectivity index (χ3v) is 3.45. The number of ether oxygens (including phenoxy) is 1. The Morgan fingerprint density at radius 3 is 2.36 bits per heavy atom. The maximum atomic E-state index is 12.2. The molecule has 0 aromatic heterocycles. The van der Waals surface area contributed by atoms with Gasteiger partial charge in [0.2, 0.25) is 0 Å². The van der Waals surface area contributed by atoms with Crippen molar-refractivity contribution >= 4 is 35.2 Å². The van der Waals surface area contributed by atoms with Crippen LogP contribution in [0.3, 0.4) is 0 Å². The van der Waals surface area contributed by atoms with Gasteiger partial charge in [-0.15, -0.1) is 0 Å². The highest BCUT2D eigenvalue weighted by Gasteiger charge is 2.11. The monoisotopic (exact) mass is 354 g/mol. The molecule has 126 valence electrons. The van der Waals surface area contributed by atoms with Crippen LogP contribution in [0.15, 0.2) is 54.1 Å². The summed E-state index contributed by atoms with van der Waals surface area (Å²) in [5.41, 5.74) is 1.50. The molecule has 0 heterocycles. The second-order valence-corrected chi connectivity index (χ2v) is 5.41. The SMILES string of the molecule is CCOC(=O)c1ccc(NC(=O)/C(C#N)=C/c2ccc(Cl)cc2)cc1. The molecule has 0 bridgehead atoms. The zero-order valence-corrected chi connectivity index (χ0v) is 14.2. The van der Waals surface area contributed by atoms with E-state index in [0.717, 1.165) is 0 Å². The van der Waals surface area contributed by atoms with Crippen LogP contribution in [0.1, 0.15) is 22.8 Å². The smallest absolute Gasteiger partial charge is 0.338 e. The summed E-state index contributed by atoms with van der Waals surface area (Å²) in [6.45, 7) is 2.02. The number of nitrogens with one attached hydrogen (secondary N) is 1. The van der Waals surface area contributed by atoms with Gasteiger partial charge in [-0.25, -0.2) is 4.79 Å². The Morgan fingerprint density at radius 2 is 1.80 bits per heavy atom. The number of carbonyl (C=O) groups is 2. The molecule has 2 aromatic rings. The van der Waals surface area contributed by atoms with Crippen molar-refractivity contribution in [3.8, 4) is 6.07 Å². The van der Waals surface area contributed by atoms with Gasteiger partial charge < -0.3 is 10.1 Å². The van der Waals surface area contributed by atoms with E-state index in [-0.39, 0.29) is 5.57 Å². The van der Waals surface area contributed by atoms with Crippen LogP contribution < -0.4 is 5.32 Å². The molecule has 0 unspecified atom stereocenters. The number of hydrogen-bond acceptors (Lipinski definition) is 4. The first-order valence-corrected chi connectivity index (χ1v) is 7.87. The van der Waals surface area contributed by atoms with Gasteiger partial charge in [-0.2, -0.15) is 5.26 Å². The van der Waals surface area contributed by atoms with Crippen LogP contribution in [0.5, 0.6) is 0 Å². The van der Waals surface area contributed by atoms with Gasteiger partial charge in [-0.1, -0.05) is 23.7 Å². The Hall–Kier alpha value is -3.10. The summed E-state index contributed by atoms with van der Waals surface area (Å²) in [6, 6.07) is 14.9. The third kappa shape index (κ3) is 5.20. The Morgan fingerprint density at radius 1 is 1.16 bits per heavy atom.